The van der Waals surface area contributed by atoms with Crippen molar-refractivity contribution in [3.8, 4) is 22.8 Å². The Morgan fingerprint density at radius 3 is 2.62 bits per heavy atom. The topological polar surface area (TPSA) is 73.0 Å². The Kier molecular flexibility index (Phi) is 4.94. The van der Waals surface area contributed by atoms with Gasteiger partial charge in [0.2, 0.25) is 5.70 Å². The van der Waals surface area contributed by atoms with E-state index in [2.05, 4.69) is 14.8 Å². The van der Waals surface area contributed by atoms with Gasteiger partial charge in [0.1, 0.15) is 17.8 Å². The zero-order valence-corrected chi connectivity index (χ0v) is 19.6. The number of Topliss-reactive ketones (excluding diaryl/α,β-unsaturated/α-hetero) is 1. The van der Waals surface area contributed by atoms with Crippen LogP contribution in [0.1, 0.15) is 44.1 Å². The summed E-state index contributed by atoms with van der Waals surface area (Å²) in [4.78, 5) is 34.9. The Balaban J connectivity index is 1.85. The van der Waals surface area contributed by atoms with Gasteiger partial charge in [-0.3, -0.25) is 0 Å². The molecule has 0 aliphatic heterocycles. The maximum Gasteiger partial charge on any atom is 0.226 e. The van der Waals surface area contributed by atoms with Crippen LogP contribution in [-0.2, 0) is 16.6 Å². The molecule has 3 aromatic rings. The average molecular weight is 454 g/mol. The minimum Gasteiger partial charge on any atom is -0.307 e. The van der Waals surface area contributed by atoms with Gasteiger partial charge in [-0.2, -0.15) is 0 Å². The van der Waals surface area contributed by atoms with Gasteiger partial charge in [0, 0.05) is 27.7 Å². The highest BCUT2D eigenvalue weighted by Gasteiger charge is 2.55. The van der Waals surface area contributed by atoms with E-state index >= 15 is 0 Å². The lowest BCUT2D eigenvalue weighted by Gasteiger charge is -2.50. The van der Waals surface area contributed by atoms with E-state index in [0.29, 0.717) is 35.6 Å². The van der Waals surface area contributed by atoms with Crippen molar-refractivity contribution >= 4 is 5.78 Å². The maximum absolute atomic E-state index is 15.0. The number of aryl methyl sites for hydroxylation is 1. The van der Waals surface area contributed by atoms with Crippen LogP contribution in [0, 0.1) is 30.6 Å². The molecule has 0 fully saturated rings. The molecular formula is C27H24FN5O. The number of benzene rings is 1. The molecule has 0 N–H and O–H groups in total. The fourth-order valence-corrected chi connectivity index (χ4v) is 5.69. The smallest absolute Gasteiger partial charge is 0.226 e. The van der Waals surface area contributed by atoms with Gasteiger partial charge in [-0.25, -0.2) is 29.2 Å². The van der Waals surface area contributed by atoms with Crippen LogP contribution in [0.4, 0.5) is 4.39 Å². The second-order valence-corrected chi connectivity index (χ2v) is 9.81. The Labute approximate surface area is 197 Å². The van der Waals surface area contributed by atoms with Gasteiger partial charge in [-0.15, -0.1) is 0 Å². The van der Waals surface area contributed by atoms with Crippen LogP contribution >= 0.6 is 0 Å². The molecule has 6 nitrogen and oxygen atoms in total. The quantitative estimate of drug-likeness (QED) is 0.494. The molecule has 2 aromatic heterocycles. The summed E-state index contributed by atoms with van der Waals surface area (Å²) in [5.41, 5.74) is 2.52. The number of halogens is 1. The van der Waals surface area contributed by atoms with Gasteiger partial charge < -0.3 is 4.79 Å². The first-order chi connectivity index (χ1) is 16.2. The number of hydrogen-bond acceptors (Lipinski definition) is 5. The van der Waals surface area contributed by atoms with E-state index in [0.717, 1.165) is 17.0 Å². The maximum atomic E-state index is 15.0. The molecular weight excluding hydrogens is 429 g/mol. The van der Waals surface area contributed by atoms with Gasteiger partial charge in [-0.1, -0.05) is 39.0 Å². The lowest BCUT2D eigenvalue weighted by molar-refractivity contribution is -0.128. The Morgan fingerprint density at radius 2 is 1.91 bits per heavy atom. The van der Waals surface area contributed by atoms with Crippen molar-refractivity contribution in [3.63, 3.8) is 0 Å². The molecule has 2 atom stereocenters. The van der Waals surface area contributed by atoms with Crippen molar-refractivity contribution in [2.24, 2.45) is 11.3 Å². The molecule has 0 saturated carbocycles. The number of rotatable bonds is 2. The third kappa shape index (κ3) is 3.17. The number of aromatic nitrogens is 4. The van der Waals surface area contributed by atoms with Crippen LogP contribution in [0.15, 0.2) is 48.4 Å². The van der Waals surface area contributed by atoms with Crippen LogP contribution < -0.4 is 0 Å². The summed E-state index contributed by atoms with van der Waals surface area (Å²) in [5.74, 6) is -0.189. The van der Waals surface area contributed by atoms with Crippen molar-refractivity contribution in [2.45, 2.75) is 46.0 Å². The van der Waals surface area contributed by atoms with Gasteiger partial charge in [0.15, 0.2) is 11.6 Å². The molecule has 2 aliphatic rings. The number of carbonyl (C=O) groups is 1. The number of fused-ring (bicyclic) bond motifs is 3. The standard InChI is InChI=1S/C27H24FN5O/c1-15-12-19(31-14-30-15)25-32-22(16-8-6-7-9-18(16)28)17-10-11-21-26(2,3)24(34)20(29-5)13-27(21,4)23(17)33-25/h6-9,12-14,21H,10-11H2,1-4H3/t21-,27-/m1/s1. The molecule has 1 aromatic carbocycles. The summed E-state index contributed by atoms with van der Waals surface area (Å²) in [6.07, 6.45) is 4.55. The van der Waals surface area contributed by atoms with Gasteiger partial charge >= 0.3 is 0 Å². The van der Waals surface area contributed by atoms with Crippen LogP contribution in [0.5, 0.6) is 0 Å². The summed E-state index contributed by atoms with van der Waals surface area (Å²) in [6, 6.07) is 8.37. The van der Waals surface area contributed by atoms with Crippen LogP contribution in [0.25, 0.3) is 27.6 Å². The average Bonchev–Trinajstić information content (AvgIpc) is 2.81. The Bertz CT molecular complexity index is 1420. The van der Waals surface area contributed by atoms with E-state index in [1.165, 1.54) is 12.4 Å². The first kappa shape index (κ1) is 22.0. The predicted octanol–water partition coefficient (Wildman–Crippen LogP) is 5.28. The van der Waals surface area contributed by atoms with Crippen molar-refractivity contribution < 1.29 is 9.18 Å². The summed E-state index contributed by atoms with van der Waals surface area (Å²) in [7, 11) is 0. The first-order valence-electron chi connectivity index (χ1n) is 11.3. The summed E-state index contributed by atoms with van der Waals surface area (Å²) >= 11 is 0. The molecule has 0 saturated heterocycles. The molecule has 0 spiro atoms. The monoisotopic (exact) mass is 453 g/mol. The van der Waals surface area contributed by atoms with E-state index in [4.69, 9.17) is 16.5 Å². The molecule has 0 unspecified atom stereocenters. The molecule has 0 amide bonds. The third-order valence-corrected chi connectivity index (χ3v) is 7.33. The lowest BCUT2D eigenvalue weighted by Crippen LogP contribution is -2.51. The van der Waals surface area contributed by atoms with Crippen LogP contribution in [0.3, 0.4) is 0 Å². The minimum absolute atomic E-state index is 0.0612. The van der Waals surface area contributed by atoms with E-state index in [9.17, 15) is 9.18 Å². The second kappa shape index (κ2) is 7.63. The number of allylic oxidation sites excluding steroid dienone is 2. The molecule has 0 bridgehead atoms. The van der Waals surface area contributed by atoms with E-state index in [-0.39, 0.29) is 23.2 Å². The number of ketones is 1. The van der Waals surface area contributed by atoms with Gasteiger partial charge in [0.05, 0.1) is 18.0 Å². The molecule has 170 valence electrons. The van der Waals surface area contributed by atoms with Gasteiger partial charge in [0.25, 0.3) is 0 Å². The summed E-state index contributed by atoms with van der Waals surface area (Å²) < 4.78 is 15.0. The van der Waals surface area contributed by atoms with Crippen LogP contribution in [-0.4, -0.2) is 25.7 Å². The SMILES string of the molecule is [C-]#[N+]C1=C[C@@]2(C)c3nc(-c4cc(C)ncn4)nc(-c4ccccc4F)c3CC[C@@H]2C(C)(C)C1=O. The highest BCUT2D eigenvalue weighted by Crippen LogP contribution is 2.55. The van der Waals surface area contributed by atoms with Crippen LogP contribution in [0.2, 0.25) is 0 Å². The Hall–Kier alpha value is -3.79. The molecule has 7 heteroatoms. The highest BCUT2D eigenvalue weighted by atomic mass is 19.1. The normalized spacial score (nSPS) is 22.9. The largest absolute Gasteiger partial charge is 0.307 e. The fourth-order valence-electron chi connectivity index (χ4n) is 5.69. The lowest BCUT2D eigenvalue weighted by atomic mass is 9.53. The van der Waals surface area contributed by atoms with Crippen molar-refractivity contribution in [3.05, 3.63) is 82.6 Å². The fraction of sp³-hybridized carbons (Fsp3) is 0.333. The molecule has 34 heavy (non-hydrogen) atoms. The number of carbonyl (C=O) groups excluding carboxylic acids is 1. The zero-order valence-electron chi connectivity index (χ0n) is 19.6. The molecule has 5 rings (SSSR count). The van der Waals surface area contributed by atoms with Crippen molar-refractivity contribution in [1.82, 2.24) is 19.9 Å². The van der Waals surface area contributed by atoms with E-state index in [1.54, 1.807) is 30.3 Å². The van der Waals surface area contributed by atoms with E-state index < -0.39 is 10.8 Å². The Morgan fingerprint density at radius 1 is 1.15 bits per heavy atom. The van der Waals surface area contributed by atoms with E-state index in [1.807, 2.05) is 27.7 Å². The molecule has 2 aliphatic carbocycles. The first-order valence-corrected chi connectivity index (χ1v) is 11.3. The number of hydrogen-bond donors (Lipinski definition) is 0. The highest BCUT2D eigenvalue weighted by molar-refractivity contribution is 6.02. The third-order valence-electron chi connectivity index (χ3n) is 7.33. The minimum atomic E-state index is -0.726. The van der Waals surface area contributed by atoms with Crippen molar-refractivity contribution in [2.75, 3.05) is 0 Å². The summed E-state index contributed by atoms with van der Waals surface area (Å²) in [6.45, 7) is 15.3. The second-order valence-electron chi connectivity index (χ2n) is 9.81. The number of nitrogens with zero attached hydrogens (tertiary/aromatic N) is 5. The molecule has 2 heterocycles. The van der Waals surface area contributed by atoms with Crippen molar-refractivity contribution in [1.29, 1.82) is 0 Å². The molecule has 0 radical (unpaired) electrons. The van der Waals surface area contributed by atoms with Gasteiger partial charge in [-0.05, 0) is 43.9 Å². The zero-order chi connectivity index (χ0) is 24.3. The predicted molar refractivity (Wildman–Crippen MR) is 126 cm³/mol. The summed E-state index contributed by atoms with van der Waals surface area (Å²) in [5, 5.41) is 0.